The van der Waals surface area contributed by atoms with E-state index in [1.165, 1.54) is 0 Å². The molecule has 0 bridgehead atoms. The summed E-state index contributed by atoms with van der Waals surface area (Å²) in [6, 6.07) is 9.47. The van der Waals surface area contributed by atoms with Gasteiger partial charge in [0.1, 0.15) is 5.75 Å². The van der Waals surface area contributed by atoms with E-state index in [1.54, 1.807) is 0 Å². The predicted molar refractivity (Wildman–Crippen MR) is 50.8 cm³/mol. The predicted octanol–water partition coefficient (Wildman–Crippen LogP) is -2.01. The molecule has 0 unspecified atom stereocenters. The van der Waals surface area contributed by atoms with Gasteiger partial charge in [-0.1, -0.05) is 18.2 Å². The molecule has 0 N–H and O–H groups in total. The number of aliphatic carboxylic acids is 1. The fourth-order valence-electron chi connectivity index (χ4n) is 1.08. The van der Waals surface area contributed by atoms with Crippen LogP contribution in [0.4, 0.5) is 0 Å². The van der Waals surface area contributed by atoms with Crippen LogP contribution in [0, 0.1) is 0 Å². The molecule has 0 fully saturated rings. The maximum atomic E-state index is 10.1. The zero-order valence-electron chi connectivity index (χ0n) is 8.94. The molecule has 0 aliphatic rings. The number of carboxylic acids is 1. The average Bonchev–Trinajstić information content (AvgIpc) is 2.18. The van der Waals surface area contributed by atoms with Gasteiger partial charge < -0.3 is 14.6 Å². The van der Waals surface area contributed by atoms with Crippen LogP contribution in [-0.4, -0.2) is 12.6 Å². The number of benzene rings is 1. The quantitative estimate of drug-likeness (QED) is 0.421. The molecule has 0 aliphatic heterocycles. The molecule has 15 heavy (non-hydrogen) atoms. The van der Waals surface area contributed by atoms with Crippen molar-refractivity contribution in [3.63, 3.8) is 0 Å². The molecule has 4 heteroatoms. The number of unbranched alkanes of at least 4 members (excludes halogenated alkanes) is 1. The molecular weight excluding hydrogens is 219 g/mol. The Morgan fingerprint density at radius 3 is 2.47 bits per heavy atom. The van der Waals surface area contributed by atoms with Crippen LogP contribution in [0.15, 0.2) is 30.3 Å². The minimum Gasteiger partial charge on any atom is -0.550 e. The average molecular weight is 232 g/mol. The van der Waals surface area contributed by atoms with Crippen molar-refractivity contribution >= 4 is 5.97 Å². The number of carbonyl (C=O) groups is 1. The summed E-state index contributed by atoms with van der Waals surface area (Å²) in [5.41, 5.74) is 0. The van der Waals surface area contributed by atoms with E-state index in [0.29, 0.717) is 13.0 Å². The van der Waals surface area contributed by atoms with Gasteiger partial charge in [-0.15, -0.1) is 0 Å². The van der Waals surface area contributed by atoms with Gasteiger partial charge in [0.25, 0.3) is 0 Å². The third-order valence-corrected chi connectivity index (χ3v) is 1.79. The Labute approximate surface area is 132 Å². The molecule has 0 amide bonds. The van der Waals surface area contributed by atoms with Crippen molar-refractivity contribution in [3.05, 3.63) is 30.3 Å². The first-order valence-corrected chi connectivity index (χ1v) is 4.67. The second kappa shape index (κ2) is 9.36. The zero-order valence-corrected chi connectivity index (χ0v) is 12.1. The summed E-state index contributed by atoms with van der Waals surface area (Å²) >= 11 is 0. The molecule has 0 saturated carbocycles. The molecule has 0 aromatic heterocycles. The number of para-hydroxylation sites is 1. The maximum Gasteiger partial charge on any atom is 1.00 e. The molecule has 76 valence electrons. The first-order chi connectivity index (χ1) is 6.79. The second-order valence-electron chi connectivity index (χ2n) is 2.99. The third kappa shape index (κ3) is 7.99. The van der Waals surface area contributed by atoms with Crippen LogP contribution in [0.2, 0.25) is 0 Å². The van der Waals surface area contributed by atoms with Gasteiger partial charge in [0.15, 0.2) is 0 Å². The fraction of sp³-hybridized carbons (Fsp3) is 0.364. The molecule has 0 spiro atoms. The van der Waals surface area contributed by atoms with Crippen molar-refractivity contribution in [2.24, 2.45) is 0 Å². The molecule has 0 aliphatic carbocycles. The molecule has 1 rings (SSSR count). The third-order valence-electron chi connectivity index (χ3n) is 1.79. The van der Waals surface area contributed by atoms with Gasteiger partial charge >= 0.3 is 51.4 Å². The van der Waals surface area contributed by atoms with Crippen molar-refractivity contribution in [2.75, 3.05) is 6.61 Å². The van der Waals surface area contributed by atoms with E-state index < -0.39 is 5.97 Å². The van der Waals surface area contributed by atoms with Gasteiger partial charge in [-0.05, 0) is 31.4 Å². The Balaban J connectivity index is 0.00000196. The van der Waals surface area contributed by atoms with Crippen LogP contribution in [-0.2, 0) is 4.79 Å². The van der Waals surface area contributed by atoms with E-state index in [2.05, 4.69) is 0 Å². The smallest absolute Gasteiger partial charge is 0.550 e. The first kappa shape index (κ1) is 15.1. The number of carboxylic acid groups (broad SMARTS) is 1. The summed E-state index contributed by atoms with van der Waals surface area (Å²) in [7, 11) is 0. The van der Waals surface area contributed by atoms with Crippen LogP contribution in [0.1, 0.15) is 19.3 Å². The monoisotopic (exact) mass is 232 g/mol. The van der Waals surface area contributed by atoms with Crippen LogP contribution < -0.4 is 61.2 Å². The molecular formula is C11H13KO3. The number of rotatable bonds is 6. The van der Waals surface area contributed by atoms with E-state index in [1.807, 2.05) is 30.3 Å². The summed E-state index contributed by atoms with van der Waals surface area (Å²) in [6.07, 6.45) is 1.45. The SMILES string of the molecule is O=C([O-])CCCCOc1ccccc1.[K+]. The van der Waals surface area contributed by atoms with Crippen molar-refractivity contribution in [2.45, 2.75) is 19.3 Å². The fourth-order valence-corrected chi connectivity index (χ4v) is 1.08. The van der Waals surface area contributed by atoms with Gasteiger partial charge in [-0.2, -0.15) is 0 Å². The van der Waals surface area contributed by atoms with E-state index in [0.717, 1.165) is 12.2 Å². The van der Waals surface area contributed by atoms with Crippen LogP contribution in [0.3, 0.4) is 0 Å². The zero-order chi connectivity index (χ0) is 10.2. The Hall–Kier alpha value is 0.126. The molecule has 1 aromatic carbocycles. The summed E-state index contributed by atoms with van der Waals surface area (Å²) in [4.78, 5) is 10.1. The Morgan fingerprint density at radius 1 is 1.20 bits per heavy atom. The van der Waals surface area contributed by atoms with E-state index in [4.69, 9.17) is 4.74 Å². The number of hydrogen-bond acceptors (Lipinski definition) is 3. The van der Waals surface area contributed by atoms with Crippen molar-refractivity contribution < 1.29 is 66.0 Å². The summed E-state index contributed by atoms with van der Waals surface area (Å²) in [5, 5.41) is 10.1. The molecule has 0 radical (unpaired) electrons. The number of hydrogen-bond donors (Lipinski definition) is 0. The van der Waals surface area contributed by atoms with Crippen molar-refractivity contribution in [1.29, 1.82) is 0 Å². The van der Waals surface area contributed by atoms with E-state index in [-0.39, 0.29) is 57.8 Å². The normalized spacial score (nSPS) is 9.07. The molecule has 3 nitrogen and oxygen atoms in total. The van der Waals surface area contributed by atoms with Crippen molar-refractivity contribution in [1.82, 2.24) is 0 Å². The topological polar surface area (TPSA) is 49.4 Å². The van der Waals surface area contributed by atoms with Crippen LogP contribution >= 0.6 is 0 Å². The van der Waals surface area contributed by atoms with Gasteiger partial charge in [0.2, 0.25) is 0 Å². The van der Waals surface area contributed by atoms with Crippen molar-refractivity contribution in [3.8, 4) is 5.75 Å². The minimum atomic E-state index is -0.996. The van der Waals surface area contributed by atoms with E-state index in [9.17, 15) is 9.90 Å². The molecule has 0 atom stereocenters. The summed E-state index contributed by atoms with van der Waals surface area (Å²) < 4.78 is 5.37. The van der Waals surface area contributed by atoms with Gasteiger partial charge in [-0.3, -0.25) is 0 Å². The Kier molecular flexibility index (Phi) is 9.44. The molecule has 1 aromatic rings. The van der Waals surface area contributed by atoms with E-state index >= 15 is 0 Å². The van der Waals surface area contributed by atoms with Gasteiger partial charge in [0, 0.05) is 5.97 Å². The standard InChI is InChI=1S/C11H14O3.K/c12-11(13)8-4-5-9-14-10-6-2-1-3-7-10;/h1-3,6-7H,4-5,8-9H2,(H,12,13);/q;+1/p-1. The second-order valence-corrected chi connectivity index (χ2v) is 2.99. The summed E-state index contributed by atoms with van der Waals surface area (Å²) in [6.45, 7) is 0.553. The maximum absolute atomic E-state index is 10.1. The van der Waals surface area contributed by atoms with Crippen LogP contribution in [0.5, 0.6) is 5.75 Å². The van der Waals surface area contributed by atoms with Gasteiger partial charge in [-0.25, -0.2) is 0 Å². The number of ether oxygens (including phenoxy) is 1. The van der Waals surface area contributed by atoms with Gasteiger partial charge in [0.05, 0.1) is 6.61 Å². The summed E-state index contributed by atoms with van der Waals surface area (Å²) in [5.74, 6) is -0.175. The Morgan fingerprint density at radius 2 is 1.87 bits per heavy atom. The Bertz CT molecular complexity index is 274. The largest absolute Gasteiger partial charge is 1.00 e. The molecule has 0 heterocycles. The first-order valence-electron chi connectivity index (χ1n) is 4.67. The van der Waals surface area contributed by atoms with Crippen LogP contribution in [0.25, 0.3) is 0 Å². The minimum absolute atomic E-state index is 0. The number of carbonyl (C=O) groups excluding carboxylic acids is 1. The molecule has 0 saturated heterocycles.